The summed E-state index contributed by atoms with van der Waals surface area (Å²) in [5.41, 5.74) is 0.805. The lowest BCUT2D eigenvalue weighted by Gasteiger charge is -2.33. The average Bonchev–Trinajstić information content (AvgIpc) is 3.09. The predicted molar refractivity (Wildman–Crippen MR) is 101 cm³/mol. The van der Waals surface area contributed by atoms with Crippen LogP contribution in [0.5, 0.6) is 0 Å². The fourth-order valence-corrected chi connectivity index (χ4v) is 3.91. The summed E-state index contributed by atoms with van der Waals surface area (Å²) in [6.07, 6.45) is 4.66. The van der Waals surface area contributed by atoms with Gasteiger partial charge in [0.25, 0.3) is 0 Å². The molecule has 142 valence electrons. The number of aliphatic hydroxyl groups excluding tert-OH is 1. The number of para-hydroxylation sites is 1. The molecule has 0 bridgehead atoms. The molecule has 1 atom stereocenters. The molecule has 27 heavy (non-hydrogen) atoms. The van der Waals surface area contributed by atoms with Gasteiger partial charge in [-0.25, -0.2) is 9.37 Å². The smallest absolute Gasteiger partial charge is 0.189 e. The van der Waals surface area contributed by atoms with Gasteiger partial charge in [0.2, 0.25) is 0 Å². The zero-order valence-electron chi connectivity index (χ0n) is 15.2. The molecule has 2 aromatic heterocycles. The highest BCUT2D eigenvalue weighted by atomic mass is 19.1. The Hall–Kier alpha value is -2.51. The van der Waals surface area contributed by atoms with Gasteiger partial charge in [0.15, 0.2) is 5.43 Å². The summed E-state index contributed by atoms with van der Waals surface area (Å²) in [4.78, 5) is 21.8. The van der Waals surface area contributed by atoms with Crippen LogP contribution in [-0.4, -0.2) is 37.6 Å². The highest BCUT2D eigenvalue weighted by Gasteiger charge is 2.28. The molecule has 0 saturated carbocycles. The van der Waals surface area contributed by atoms with E-state index in [1.165, 1.54) is 6.07 Å². The number of nitrogens with zero attached hydrogens (tertiary/aromatic N) is 3. The molecule has 1 aliphatic heterocycles. The third-order valence-corrected chi connectivity index (χ3v) is 5.47. The van der Waals surface area contributed by atoms with Crippen molar-refractivity contribution in [3.05, 3.63) is 64.2 Å². The molecule has 3 heterocycles. The zero-order valence-corrected chi connectivity index (χ0v) is 15.2. The highest BCUT2D eigenvalue weighted by Crippen LogP contribution is 2.30. The summed E-state index contributed by atoms with van der Waals surface area (Å²) in [6, 6.07) is 6.08. The van der Waals surface area contributed by atoms with E-state index in [2.05, 4.69) is 14.9 Å². The summed E-state index contributed by atoms with van der Waals surface area (Å²) in [6.45, 7) is 2.18. The molecule has 1 fully saturated rings. The number of benzene rings is 1. The molecule has 7 heteroatoms. The van der Waals surface area contributed by atoms with Crippen molar-refractivity contribution in [1.82, 2.24) is 19.4 Å². The Balaban J connectivity index is 1.44. The van der Waals surface area contributed by atoms with Crippen molar-refractivity contribution in [2.24, 2.45) is 13.0 Å². The monoisotopic (exact) mass is 370 g/mol. The van der Waals surface area contributed by atoms with Crippen molar-refractivity contribution in [1.29, 1.82) is 0 Å². The Morgan fingerprint density at radius 2 is 2.15 bits per heavy atom. The molecule has 0 amide bonds. The Morgan fingerprint density at radius 3 is 2.85 bits per heavy atom. The third-order valence-electron chi connectivity index (χ3n) is 5.47. The molecular formula is C20H23FN4O2. The largest absolute Gasteiger partial charge is 0.385 e. The number of piperidine rings is 1. The van der Waals surface area contributed by atoms with Crippen LogP contribution in [0.25, 0.3) is 10.9 Å². The number of fused-ring (bicyclic) bond motifs is 1. The number of rotatable bonds is 4. The van der Waals surface area contributed by atoms with E-state index in [0.29, 0.717) is 23.4 Å². The number of nitrogens with one attached hydrogen (secondary N) is 1. The zero-order chi connectivity index (χ0) is 19.0. The van der Waals surface area contributed by atoms with Crippen LogP contribution in [0.4, 0.5) is 4.39 Å². The van der Waals surface area contributed by atoms with Crippen molar-refractivity contribution >= 4 is 10.9 Å². The normalized spacial score (nSPS) is 17.4. The number of pyridine rings is 1. The fraction of sp³-hybridized carbons (Fsp3) is 0.400. The molecule has 0 radical (unpaired) electrons. The summed E-state index contributed by atoms with van der Waals surface area (Å²) < 4.78 is 15.9. The third kappa shape index (κ3) is 3.52. The standard InChI is InChI=1S/C20H23FN4O2/c1-24-10-7-22-20(24)19(27)13-5-8-25(9-6-13)12-14-11-17(26)15-3-2-4-16(21)18(15)23-14/h2-4,7,10-11,13,19,27H,5-6,8-9,12H2,1H3,(H,23,26)/t19-/m0/s1. The van der Waals surface area contributed by atoms with Gasteiger partial charge in [-0.05, 0) is 44.0 Å². The van der Waals surface area contributed by atoms with Gasteiger partial charge >= 0.3 is 0 Å². The number of hydrogen-bond donors (Lipinski definition) is 2. The molecular weight excluding hydrogens is 347 g/mol. The summed E-state index contributed by atoms with van der Waals surface area (Å²) >= 11 is 0. The molecule has 0 spiro atoms. The van der Waals surface area contributed by atoms with E-state index in [4.69, 9.17) is 0 Å². The van der Waals surface area contributed by atoms with Gasteiger partial charge in [-0.2, -0.15) is 0 Å². The maximum absolute atomic E-state index is 14.0. The molecule has 0 aliphatic carbocycles. The van der Waals surface area contributed by atoms with Crippen LogP contribution in [0, 0.1) is 11.7 Å². The second kappa shape index (κ2) is 7.25. The summed E-state index contributed by atoms with van der Waals surface area (Å²) in [5.74, 6) is 0.446. The van der Waals surface area contributed by atoms with Gasteiger partial charge in [-0.1, -0.05) is 6.07 Å². The van der Waals surface area contributed by atoms with Gasteiger partial charge in [0, 0.05) is 43.1 Å². The fourth-order valence-electron chi connectivity index (χ4n) is 3.91. The van der Waals surface area contributed by atoms with Crippen LogP contribution in [0.1, 0.15) is 30.5 Å². The number of aromatic nitrogens is 3. The number of H-pyrrole nitrogens is 1. The summed E-state index contributed by atoms with van der Waals surface area (Å²) in [5, 5.41) is 11.0. The van der Waals surface area contributed by atoms with Crippen LogP contribution in [0.15, 0.2) is 41.5 Å². The lowest BCUT2D eigenvalue weighted by molar-refractivity contribution is 0.0489. The van der Waals surface area contributed by atoms with E-state index < -0.39 is 11.9 Å². The summed E-state index contributed by atoms with van der Waals surface area (Å²) in [7, 11) is 1.88. The van der Waals surface area contributed by atoms with E-state index in [1.54, 1.807) is 24.4 Å². The molecule has 3 aromatic rings. The van der Waals surface area contributed by atoms with E-state index in [9.17, 15) is 14.3 Å². The minimum atomic E-state index is -0.568. The van der Waals surface area contributed by atoms with Crippen molar-refractivity contribution < 1.29 is 9.50 Å². The number of aliphatic hydroxyl groups is 1. The van der Waals surface area contributed by atoms with Gasteiger partial charge < -0.3 is 14.7 Å². The molecule has 4 rings (SSSR count). The Labute approximate surface area is 156 Å². The van der Waals surface area contributed by atoms with Crippen LogP contribution in [0.3, 0.4) is 0 Å². The topological polar surface area (TPSA) is 74.2 Å². The lowest BCUT2D eigenvalue weighted by atomic mass is 9.90. The van der Waals surface area contributed by atoms with Gasteiger partial charge in [-0.15, -0.1) is 0 Å². The van der Waals surface area contributed by atoms with Crippen molar-refractivity contribution in [2.75, 3.05) is 13.1 Å². The first-order valence-electron chi connectivity index (χ1n) is 9.21. The second-order valence-electron chi connectivity index (χ2n) is 7.28. The number of imidazole rings is 1. The molecule has 6 nitrogen and oxygen atoms in total. The average molecular weight is 370 g/mol. The Morgan fingerprint density at radius 1 is 1.37 bits per heavy atom. The SMILES string of the molecule is Cn1ccnc1[C@@H](O)C1CCN(Cc2cc(=O)c3cccc(F)c3[nH]2)CC1. The minimum Gasteiger partial charge on any atom is -0.385 e. The minimum absolute atomic E-state index is 0.162. The Bertz CT molecular complexity index is 1000. The Kier molecular flexibility index (Phi) is 4.80. The quantitative estimate of drug-likeness (QED) is 0.739. The van der Waals surface area contributed by atoms with Crippen LogP contribution in [0.2, 0.25) is 0 Å². The first kappa shape index (κ1) is 17.9. The molecule has 0 unspecified atom stereocenters. The van der Waals surface area contributed by atoms with E-state index in [-0.39, 0.29) is 16.9 Å². The van der Waals surface area contributed by atoms with E-state index in [1.807, 2.05) is 17.8 Å². The molecule has 1 aliphatic rings. The van der Waals surface area contributed by atoms with Crippen molar-refractivity contribution in [3.63, 3.8) is 0 Å². The second-order valence-corrected chi connectivity index (χ2v) is 7.28. The van der Waals surface area contributed by atoms with Crippen molar-refractivity contribution in [2.45, 2.75) is 25.5 Å². The van der Waals surface area contributed by atoms with Gasteiger partial charge in [-0.3, -0.25) is 9.69 Å². The van der Waals surface area contributed by atoms with E-state index >= 15 is 0 Å². The number of likely N-dealkylation sites (tertiary alicyclic amines) is 1. The lowest BCUT2D eigenvalue weighted by Crippen LogP contribution is -2.36. The van der Waals surface area contributed by atoms with Crippen LogP contribution >= 0.6 is 0 Å². The highest BCUT2D eigenvalue weighted by molar-refractivity contribution is 5.78. The first-order chi connectivity index (χ1) is 13.0. The maximum Gasteiger partial charge on any atom is 0.189 e. The van der Waals surface area contributed by atoms with Gasteiger partial charge in [0.05, 0.1) is 5.52 Å². The van der Waals surface area contributed by atoms with Crippen LogP contribution in [-0.2, 0) is 13.6 Å². The number of aromatic amines is 1. The maximum atomic E-state index is 14.0. The molecule has 1 aromatic carbocycles. The predicted octanol–water partition coefficient (Wildman–Crippen LogP) is 2.35. The number of hydrogen-bond acceptors (Lipinski definition) is 4. The van der Waals surface area contributed by atoms with Crippen LogP contribution < -0.4 is 5.43 Å². The van der Waals surface area contributed by atoms with Crippen molar-refractivity contribution in [3.8, 4) is 0 Å². The van der Waals surface area contributed by atoms with Gasteiger partial charge in [0.1, 0.15) is 17.7 Å². The first-order valence-corrected chi connectivity index (χ1v) is 9.21. The number of halogens is 1. The molecule has 1 saturated heterocycles. The number of aryl methyl sites for hydroxylation is 1. The molecule has 2 N–H and O–H groups in total. The van der Waals surface area contributed by atoms with E-state index in [0.717, 1.165) is 25.9 Å².